The first-order chi connectivity index (χ1) is 10.6. The number of amides is 1. The molecule has 0 bridgehead atoms. The van der Waals surface area contributed by atoms with Gasteiger partial charge < -0.3 is 14.2 Å². The zero-order valence-electron chi connectivity index (χ0n) is 13.1. The number of nitrogens with zero attached hydrogens (tertiary/aromatic N) is 2. The third-order valence-electron chi connectivity index (χ3n) is 4.27. The van der Waals surface area contributed by atoms with Crippen LogP contribution in [0.5, 0.6) is 5.75 Å². The Kier molecular flexibility index (Phi) is 3.88. The summed E-state index contributed by atoms with van der Waals surface area (Å²) in [4.78, 5) is 14.9. The summed E-state index contributed by atoms with van der Waals surface area (Å²) in [5, 5.41) is 4.02. The van der Waals surface area contributed by atoms with Gasteiger partial charge in [-0.3, -0.25) is 4.79 Å². The highest BCUT2D eigenvalue weighted by Gasteiger charge is 2.35. The van der Waals surface area contributed by atoms with E-state index in [2.05, 4.69) is 5.16 Å². The smallest absolute Gasteiger partial charge is 0.258 e. The molecule has 1 aliphatic rings. The zero-order valence-corrected chi connectivity index (χ0v) is 13.1. The van der Waals surface area contributed by atoms with E-state index in [1.165, 1.54) is 0 Å². The number of hydrogen-bond acceptors (Lipinski definition) is 4. The van der Waals surface area contributed by atoms with Gasteiger partial charge in [-0.2, -0.15) is 0 Å². The maximum absolute atomic E-state index is 12.9. The van der Waals surface area contributed by atoms with Crippen LogP contribution in [0.1, 0.15) is 46.3 Å². The SMILES string of the molecule is COc1ccccc1C(=O)N1CCCC1c1c(C)noc1C. The quantitative estimate of drug-likeness (QED) is 0.873. The number of aryl methyl sites for hydroxylation is 2. The van der Waals surface area contributed by atoms with E-state index in [1.807, 2.05) is 43.0 Å². The first-order valence-corrected chi connectivity index (χ1v) is 7.50. The first-order valence-electron chi connectivity index (χ1n) is 7.50. The Morgan fingerprint density at radius 1 is 1.36 bits per heavy atom. The molecule has 0 spiro atoms. The van der Waals surface area contributed by atoms with Crippen molar-refractivity contribution in [2.45, 2.75) is 32.7 Å². The molecule has 0 N–H and O–H groups in total. The second-order valence-electron chi connectivity index (χ2n) is 5.59. The Morgan fingerprint density at radius 2 is 2.14 bits per heavy atom. The molecule has 5 nitrogen and oxygen atoms in total. The molecule has 1 aliphatic heterocycles. The molecule has 1 saturated heterocycles. The lowest BCUT2D eigenvalue weighted by atomic mass is 10.0. The van der Waals surface area contributed by atoms with Crippen LogP contribution in [0.3, 0.4) is 0 Å². The monoisotopic (exact) mass is 300 g/mol. The van der Waals surface area contributed by atoms with Crippen molar-refractivity contribution in [2.24, 2.45) is 0 Å². The summed E-state index contributed by atoms with van der Waals surface area (Å²) in [5.41, 5.74) is 2.51. The lowest BCUT2D eigenvalue weighted by Gasteiger charge is -2.25. The largest absolute Gasteiger partial charge is 0.496 e. The Morgan fingerprint density at radius 3 is 2.82 bits per heavy atom. The summed E-state index contributed by atoms with van der Waals surface area (Å²) in [5.74, 6) is 1.40. The predicted molar refractivity (Wildman–Crippen MR) is 82.0 cm³/mol. The van der Waals surface area contributed by atoms with E-state index in [1.54, 1.807) is 7.11 Å². The van der Waals surface area contributed by atoms with Crippen LogP contribution in [-0.2, 0) is 0 Å². The number of benzene rings is 1. The standard InChI is InChI=1S/C17H20N2O3/c1-11-16(12(2)22-18-11)14-8-6-10-19(14)17(20)13-7-4-5-9-15(13)21-3/h4-5,7,9,14H,6,8,10H2,1-3H3. The van der Waals surface area contributed by atoms with Gasteiger partial charge in [0.15, 0.2) is 0 Å². The molecule has 0 saturated carbocycles. The number of carbonyl (C=O) groups excluding carboxylic acids is 1. The number of carbonyl (C=O) groups is 1. The van der Waals surface area contributed by atoms with Crippen LogP contribution in [0.25, 0.3) is 0 Å². The second kappa shape index (κ2) is 5.83. The highest BCUT2D eigenvalue weighted by atomic mass is 16.5. The van der Waals surface area contributed by atoms with Crippen molar-refractivity contribution in [1.82, 2.24) is 10.1 Å². The average Bonchev–Trinajstić information content (AvgIpc) is 3.13. The lowest BCUT2D eigenvalue weighted by Crippen LogP contribution is -2.31. The van der Waals surface area contributed by atoms with E-state index >= 15 is 0 Å². The third-order valence-corrected chi connectivity index (χ3v) is 4.27. The predicted octanol–water partition coefficient (Wildman–Crippen LogP) is 3.28. The van der Waals surface area contributed by atoms with E-state index in [4.69, 9.17) is 9.26 Å². The van der Waals surface area contributed by atoms with Crippen molar-refractivity contribution >= 4 is 5.91 Å². The van der Waals surface area contributed by atoms with Gasteiger partial charge in [0.25, 0.3) is 5.91 Å². The molecule has 1 amide bonds. The van der Waals surface area contributed by atoms with Crippen LogP contribution in [-0.4, -0.2) is 29.6 Å². The molecule has 2 aromatic rings. The number of likely N-dealkylation sites (tertiary alicyclic amines) is 1. The van der Waals surface area contributed by atoms with Crippen molar-refractivity contribution in [1.29, 1.82) is 0 Å². The molecule has 1 atom stereocenters. The van der Waals surface area contributed by atoms with Crippen molar-refractivity contribution in [2.75, 3.05) is 13.7 Å². The summed E-state index contributed by atoms with van der Waals surface area (Å²) in [6.45, 7) is 4.57. The maximum Gasteiger partial charge on any atom is 0.258 e. The lowest BCUT2D eigenvalue weighted by molar-refractivity contribution is 0.0731. The van der Waals surface area contributed by atoms with Crippen LogP contribution in [0.4, 0.5) is 0 Å². The van der Waals surface area contributed by atoms with E-state index < -0.39 is 0 Å². The van der Waals surface area contributed by atoms with Crippen LogP contribution < -0.4 is 4.74 Å². The normalized spacial score (nSPS) is 17.8. The topological polar surface area (TPSA) is 55.6 Å². The van der Waals surface area contributed by atoms with E-state index in [-0.39, 0.29) is 11.9 Å². The zero-order chi connectivity index (χ0) is 15.7. The number of hydrogen-bond donors (Lipinski definition) is 0. The molecular weight excluding hydrogens is 280 g/mol. The second-order valence-corrected chi connectivity index (χ2v) is 5.59. The number of aromatic nitrogens is 1. The van der Waals surface area contributed by atoms with Gasteiger partial charge in [0, 0.05) is 12.1 Å². The Bertz CT molecular complexity index is 673. The highest BCUT2D eigenvalue weighted by Crippen LogP contribution is 2.37. The molecule has 1 aromatic carbocycles. The van der Waals surface area contributed by atoms with Gasteiger partial charge in [0.2, 0.25) is 0 Å². The van der Waals surface area contributed by atoms with Crippen molar-refractivity contribution in [3.63, 3.8) is 0 Å². The fourth-order valence-corrected chi connectivity index (χ4v) is 3.25. The summed E-state index contributed by atoms with van der Waals surface area (Å²) in [6.07, 6.45) is 1.92. The molecule has 0 aliphatic carbocycles. The molecule has 0 radical (unpaired) electrons. The fourth-order valence-electron chi connectivity index (χ4n) is 3.25. The molecule has 22 heavy (non-hydrogen) atoms. The Balaban J connectivity index is 1.95. The van der Waals surface area contributed by atoms with Crippen molar-refractivity contribution in [3.8, 4) is 5.75 Å². The molecule has 1 unspecified atom stereocenters. The van der Waals surface area contributed by atoms with Gasteiger partial charge in [-0.05, 0) is 38.8 Å². The van der Waals surface area contributed by atoms with Gasteiger partial charge >= 0.3 is 0 Å². The van der Waals surface area contributed by atoms with Crippen LogP contribution >= 0.6 is 0 Å². The van der Waals surface area contributed by atoms with Gasteiger partial charge in [0.05, 0.1) is 24.4 Å². The fraction of sp³-hybridized carbons (Fsp3) is 0.412. The van der Waals surface area contributed by atoms with E-state index in [0.29, 0.717) is 11.3 Å². The third kappa shape index (κ3) is 2.36. The summed E-state index contributed by atoms with van der Waals surface area (Å²) in [7, 11) is 1.59. The number of ether oxygens (including phenoxy) is 1. The molecule has 1 fully saturated rings. The van der Waals surface area contributed by atoms with E-state index in [9.17, 15) is 4.79 Å². The molecule has 3 rings (SSSR count). The molecular formula is C17H20N2O3. The molecule has 2 heterocycles. The van der Waals surface area contributed by atoms with Crippen LogP contribution in [0, 0.1) is 13.8 Å². The van der Waals surface area contributed by atoms with Crippen LogP contribution in [0.15, 0.2) is 28.8 Å². The first kappa shape index (κ1) is 14.6. The Hall–Kier alpha value is -2.30. The van der Waals surface area contributed by atoms with Gasteiger partial charge in [-0.25, -0.2) is 0 Å². The van der Waals surface area contributed by atoms with Gasteiger partial charge in [-0.15, -0.1) is 0 Å². The van der Waals surface area contributed by atoms with Gasteiger partial charge in [0.1, 0.15) is 11.5 Å². The van der Waals surface area contributed by atoms with Crippen molar-refractivity contribution < 1.29 is 14.1 Å². The summed E-state index contributed by atoms with van der Waals surface area (Å²) < 4.78 is 10.6. The maximum atomic E-state index is 12.9. The van der Waals surface area contributed by atoms with Crippen LogP contribution in [0.2, 0.25) is 0 Å². The minimum absolute atomic E-state index is 0.0000463. The molecule has 116 valence electrons. The average molecular weight is 300 g/mol. The summed E-state index contributed by atoms with van der Waals surface area (Å²) in [6, 6.07) is 7.38. The number of methoxy groups -OCH3 is 1. The molecule has 5 heteroatoms. The number of para-hydroxylation sites is 1. The minimum atomic E-state index is -0.0000463. The minimum Gasteiger partial charge on any atom is -0.496 e. The highest BCUT2D eigenvalue weighted by molar-refractivity contribution is 5.97. The Labute approximate surface area is 129 Å². The summed E-state index contributed by atoms with van der Waals surface area (Å²) >= 11 is 0. The van der Waals surface area contributed by atoms with Crippen molar-refractivity contribution in [3.05, 3.63) is 46.8 Å². The number of rotatable bonds is 3. The van der Waals surface area contributed by atoms with E-state index in [0.717, 1.165) is 36.4 Å². The van der Waals surface area contributed by atoms with Gasteiger partial charge in [-0.1, -0.05) is 17.3 Å². The molecule has 1 aromatic heterocycles.